The SMILES string of the molecule is CCc1ccc(CCC(=O)Nc2cc(S(=O)(=O)Nc3cccc(Cl)c3)ccc2C)cc1. The smallest absolute Gasteiger partial charge is 0.261 e. The van der Waals surface area contributed by atoms with Gasteiger partial charge >= 0.3 is 0 Å². The average molecular weight is 457 g/mol. The van der Waals surface area contributed by atoms with Crippen molar-refractivity contribution in [2.45, 2.75) is 38.0 Å². The number of anilines is 2. The predicted molar refractivity (Wildman–Crippen MR) is 126 cm³/mol. The highest BCUT2D eigenvalue weighted by Crippen LogP contribution is 2.24. The van der Waals surface area contributed by atoms with Crippen molar-refractivity contribution in [3.05, 3.63) is 88.4 Å². The minimum Gasteiger partial charge on any atom is -0.326 e. The molecule has 0 heterocycles. The zero-order valence-electron chi connectivity index (χ0n) is 17.5. The maximum Gasteiger partial charge on any atom is 0.261 e. The third-order valence-electron chi connectivity index (χ3n) is 4.94. The lowest BCUT2D eigenvalue weighted by Crippen LogP contribution is -2.16. The first-order valence-corrected chi connectivity index (χ1v) is 11.9. The van der Waals surface area contributed by atoms with Crippen LogP contribution in [-0.2, 0) is 27.7 Å². The van der Waals surface area contributed by atoms with Gasteiger partial charge in [-0.15, -0.1) is 0 Å². The zero-order chi connectivity index (χ0) is 22.4. The van der Waals surface area contributed by atoms with Crippen molar-refractivity contribution in [3.8, 4) is 0 Å². The largest absolute Gasteiger partial charge is 0.326 e. The highest BCUT2D eigenvalue weighted by molar-refractivity contribution is 7.92. The summed E-state index contributed by atoms with van der Waals surface area (Å²) in [5.74, 6) is -0.167. The molecule has 2 N–H and O–H groups in total. The van der Waals surface area contributed by atoms with Crippen LogP contribution in [0.3, 0.4) is 0 Å². The van der Waals surface area contributed by atoms with Gasteiger partial charge in [0.05, 0.1) is 10.6 Å². The summed E-state index contributed by atoms with van der Waals surface area (Å²) in [5, 5.41) is 3.27. The molecule has 162 valence electrons. The lowest BCUT2D eigenvalue weighted by atomic mass is 10.1. The minimum atomic E-state index is -3.83. The Labute approximate surface area is 188 Å². The van der Waals surface area contributed by atoms with E-state index < -0.39 is 10.0 Å². The number of carbonyl (C=O) groups is 1. The molecular weight excluding hydrogens is 432 g/mol. The molecule has 0 aromatic heterocycles. The lowest BCUT2D eigenvalue weighted by molar-refractivity contribution is -0.116. The van der Waals surface area contributed by atoms with E-state index in [1.54, 1.807) is 24.3 Å². The van der Waals surface area contributed by atoms with Gasteiger partial charge in [0, 0.05) is 17.1 Å². The number of hydrogen-bond acceptors (Lipinski definition) is 3. The zero-order valence-corrected chi connectivity index (χ0v) is 19.1. The van der Waals surface area contributed by atoms with Crippen molar-refractivity contribution in [3.63, 3.8) is 0 Å². The van der Waals surface area contributed by atoms with Crippen molar-refractivity contribution >= 4 is 38.9 Å². The van der Waals surface area contributed by atoms with E-state index in [0.29, 0.717) is 29.2 Å². The van der Waals surface area contributed by atoms with Crippen molar-refractivity contribution < 1.29 is 13.2 Å². The van der Waals surface area contributed by atoms with Gasteiger partial charge in [0.2, 0.25) is 5.91 Å². The van der Waals surface area contributed by atoms with E-state index in [1.807, 2.05) is 19.1 Å². The highest BCUT2D eigenvalue weighted by Gasteiger charge is 2.17. The Morgan fingerprint density at radius 2 is 1.68 bits per heavy atom. The summed E-state index contributed by atoms with van der Waals surface area (Å²) in [6, 6.07) is 19.3. The van der Waals surface area contributed by atoms with E-state index in [0.717, 1.165) is 17.5 Å². The van der Waals surface area contributed by atoms with Gasteiger partial charge < -0.3 is 5.32 Å². The van der Waals surface area contributed by atoms with Crippen LogP contribution >= 0.6 is 11.6 Å². The van der Waals surface area contributed by atoms with Crippen LogP contribution < -0.4 is 10.0 Å². The molecule has 0 aliphatic carbocycles. The fourth-order valence-electron chi connectivity index (χ4n) is 3.08. The normalized spacial score (nSPS) is 11.2. The molecule has 7 heteroatoms. The highest BCUT2D eigenvalue weighted by atomic mass is 35.5. The molecule has 0 aliphatic heterocycles. The molecule has 0 unspecified atom stereocenters. The van der Waals surface area contributed by atoms with Gasteiger partial charge in [-0.2, -0.15) is 0 Å². The molecule has 3 aromatic rings. The second kappa shape index (κ2) is 9.98. The Bertz CT molecular complexity index is 1180. The third kappa shape index (κ3) is 6.32. The fourth-order valence-corrected chi connectivity index (χ4v) is 4.35. The third-order valence-corrected chi connectivity index (χ3v) is 6.56. The van der Waals surface area contributed by atoms with Crippen LogP contribution in [0, 0.1) is 6.92 Å². The summed E-state index contributed by atoms with van der Waals surface area (Å²) in [6.45, 7) is 3.92. The van der Waals surface area contributed by atoms with Gasteiger partial charge in [0.25, 0.3) is 10.0 Å². The number of rotatable bonds is 8. The van der Waals surface area contributed by atoms with Gasteiger partial charge in [-0.05, 0) is 66.8 Å². The van der Waals surface area contributed by atoms with Gasteiger partial charge in [-0.3, -0.25) is 9.52 Å². The molecule has 0 bridgehead atoms. The predicted octanol–water partition coefficient (Wildman–Crippen LogP) is 5.58. The second-order valence-corrected chi connectivity index (χ2v) is 9.43. The molecule has 0 fully saturated rings. The Morgan fingerprint density at radius 3 is 2.35 bits per heavy atom. The second-order valence-electron chi connectivity index (χ2n) is 7.31. The molecule has 0 aliphatic rings. The van der Waals surface area contributed by atoms with Crippen molar-refractivity contribution in [1.82, 2.24) is 0 Å². The van der Waals surface area contributed by atoms with Gasteiger partial charge in [-0.1, -0.05) is 54.9 Å². The molecule has 3 rings (SSSR count). The standard InChI is InChI=1S/C24H25ClN2O3S/c1-3-18-8-10-19(11-9-18)12-14-24(28)26-23-16-22(13-7-17(23)2)31(29,30)27-21-6-4-5-20(25)15-21/h4-11,13,15-16,27H,3,12,14H2,1-2H3,(H,26,28). The topological polar surface area (TPSA) is 75.3 Å². The Morgan fingerprint density at radius 1 is 0.968 bits per heavy atom. The van der Waals surface area contributed by atoms with E-state index in [2.05, 4.69) is 29.1 Å². The van der Waals surface area contributed by atoms with Crippen LogP contribution in [0.4, 0.5) is 11.4 Å². The number of benzene rings is 3. The molecule has 5 nitrogen and oxygen atoms in total. The fraction of sp³-hybridized carbons (Fsp3) is 0.208. The van der Waals surface area contributed by atoms with Crippen LogP contribution in [0.1, 0.15) is 30.0 Å². The maximum atomic E-state index is 12.8. The number of nitrogens with one attached hydrogen (secondary N) is 2. The summed E-state index contributed by atoms with van der Waals surface area (Å²) in [4.78, 5) is 12.5. The van der Waals surface area contributed by atoms with E-state index in [-0.39, 0.29) is 10.8 Å². The number of carbonyl (C=O) groups excluding carboxylic acids is 1. The molecule has 0 saturated heterocycles. The number of sulfonamides is 1. The summed E-state index contributed by atoms with van der Waals surface area (Å²) in [6.07, 6.45) is 1.90. The lowest BCUT2D eigenvalue weighted by Gasteiger charge is -2.13. The van der Waals surface area contributed by atoms with Gasteiger partial charge in [0.15, 0.2) is 0 Å². The van der Waals surface area contributed by atoms with Crippen LogP contribution in [0.2, 0.25) is 5.02 Å². The molecule has 1 amide bonds. The van der Waals surface area contributed by atoms with E-state index >= 15 is 0 Å². The maximum absolute atomic E-state index is 12.8. The molecule has 0 saturated carbocycles. The van der Waals surface area contributed by atoms with Crippen LogP contribution in [0.5, 0.6) is 0 Å². The average Bonchev–Trinajstić information content (AvgIpc) is 2.74. The van der Waals surface area contributed by atoms with Crippen molar-refractivity contribution in [2.24, 2.45) is 0 Å². The Kier molecular flexibility index (Phi) is 7.36. The first kappa shape index (κ1) is 22.8. The summed E-state index contributed by atoms with van der Waals surface area (Å²) >= 11 is 5.93. The van der Waals surface area contributed by atoms with Gasteiger partial charge in [-0.25, -0.2) is 8.42 Å². The summed E-state index contributed by atoms with van der Waals surface area (Å²) in [7, 11) is -3.83. The van der Waals surface area contributed by atoms with Crippen molar-refractivity contribution in [2.75, 3.05) is 10.0 Å². The number of aryl methyl sites for hydroxylation is 3. The van der Waals surface area contributed by atoms with Crippen LogP contribution in [0.25, 0.3) is 0 Å². The monoisotopic (exact) mass is 456 g/mol. The van der Waals surface area contributed by atoms with E-state index in [9.17, 15) is 13.2 Å². The van der Waals surface area contributed by atoms with E-state index in [4.69, 9.17) is 11.6 Å². The van der Waals surface area contributed by atoms with Crippen LogP contribution in [0.15, 0.2) is 71.6 Å². The molecule has 31 heavy (non-hydrogen) atoms. The van der Waals surface area contributed by atoms with Crippen LogP contribution in [-0.4, -0.2) is 14.3 Å². The van der Waals surface area contributed by atoms with Gasteiger partial charge in [0.1, 0.15) is 0 Å². The number of hydrogen-bond donors (Lipinski definition) is 2. The Hall–Kier alpha value is -2.83. The first-order valence-electron chi connectivity index (χ1n) is 10.0. The molecule has 0 atom stereocenters. The van der Waals surface area contributed by atoms with Crippen molar-refractivity contribution in [1.29, 1.82) is 0 Å². The quantitative estimate of drug-likeness (QED) is 0.464. The number of halogens is 1. The molecule has 0 spiro atoms. The number of amides is 1. The van der Waals surface area contributed by atoms with E-state index in [1.165, 1.54) is 23.8 Å². The molecular formula is C24H25ClN2O3S. The first-order chi connectivity index (χ1) is 14.8. The molecule has 3 aromatic carbocycles. The summed E-state index contributed by atoms with van der Waals surface area (Å²) < 4.78 is 28.0. The minimum absolute atomic E-state index is 0.0588. The molecule has 0 radical (unpaired) electrons. The summed E-state index contributed by atoms with van der Waals surface area (Å²) in [5.41, 5.74) is 3.97. The Balaban J connectivity index is 1.68.